The van der Waals surface area contributed by atoms with Crippen molar-refractivity contribution in [2.24, 2.45) is 5.92 Å². The molecule has 29 nitrogen and oxygen atoms in total. The van der Waals surface area contributed by atoms with E-state index in [4.69, 9.17) is 91.9 Å². The number of phenols is 1. The molecule has 2 aliphatic rings. The van der Waals surface area contributed by atoms with E-state index in [9.17, 15) is 24.0 Å². The summed E-state index contributed by atoms with van der Waals surface area (Å²) in [7, 11) is 0. The van der Waals surface area contributed by atoms with Crippen molar-refractivity contribution < 1.29 is 116 Å². The molecule has 1 saturated carbocycles. The monoisotopic (exact) mass is 1600 g/mol. The number of hydrogen-bond acceptors (Lipinski definition) is 24. The minimum Gasteiger partial charge on any atom is -0.508 e. The Labute approximate surface area is 670 Å². The average molecular weight is 1600 g/mol. The fourth-order valence-electron chi connectivity index (χ4n) is 10.2. The van der Waals surface area contributed by atoms with E-state index >= 15 is 0 Å². The number of para-hydroxylation sites is 1. The number of hydrogen-bond donors (Lipinski definition) is 18. The summed E-state index contributed by atoms with van der Waals surface area (Å²) >= 11 is 0. The Morgan fingerprint density at radius 3 is 0.705 bits per heavy atom. The summed E-state index contributed by atoms with van der Waals surface area (Å²) in [6, 6.07) is 22.5. The second kappa shape index (κ2) is 92.0. The molecule has 3 aromatic carbocycles. The lowest BCUT2D eigenvalue weighted by molar-refractivity contribution is -0.142. The number of aliphatic hydroxyl groups excluding tert-OH is 12. The van der Waals surface area contributed by atoms with Crippen molar-refractivity contribution in [2.75, 3.05) is 197 Å². The Bertz CT molecular complexity index is 2290. The lowest BCUT2D eigenvalue weighted by atomic mass is 9.90. The minimum atomic E-state index is -1.23. The van der Waals surface area contributed by atoms with Crippen molar-refractivity contribution in [3.8, 4) is 5.75 Å². The molecule has 0 aliphatic heterocycles. The fourth-order valence-corrected chi connectivity index (χ4v) is 10.2. The number of allylic oxidation sites excluding steroid dienone is 1. The summed E-state index contributed by atoms with van der Waals surface area (Å²) in [5.74, 6) is -4.39. The second-order valence-corrected chi connectivity index (χ2v) is 26.0. The largest absolute Gasteiger partial charge is 0.508 e. The van der Waals surface area contributed by atoms with Gasteiger partial charge >= 0.3 is 29.8 Å². The first-order valence-corrected chi connectivity index (χ1v) is 40.4. The molecule has 0 saturated heterocycles. The maximum Gasteiger partial charge on any atom is 0.336 e. The van der Waals surface area contributed by atoms with Crippen LogP contribution < -0.4 is 0 Å². The van der Waals surface area contributed by atoms with Crippen LogP contribution in [0.3, 0.4) is 0 Å². The molecular weight excluding hydrogens is 1450 g/mol. The van der Waals surface area contributed by atoms with Crippen LogP contribution in [0.2, 0.25) is 0 Å². The van der Waals surface area contributed by atoms with E-state index in [1.807, 2.05) is 12.1 Å². The van der Waals surface area contributed by atoms with Crippen molar-refractivity contribution in [3.05, 3.63) is 113 Å². The highest BCUT2D eigenvalue weighted by molar-refractivity contribution is 6.01. The highest BCUT2D eigenvalue weighted by Crippen LogP contribution is 2.23. The Kier molecular flexibility index (Phi) is 95.9. The molecular formula is C83H154N6O23. The molecule has 0 radical (unpaired) electrons. The summed E-state index contributed by atoms with van der Waals surface area (Å²) in [6.07, 6.45) is 24.8. The predicted octanol–water partition coefficient (Wildman–Crippen LogP) is 7.52. The number of carbonyl (C=O) groups is 5. The number of aromatic hydroxyl groups is 1. The van der Waals surface area contributed by atoms with Gasteiger partial charge in [0.1, 0.15) is 5.75 Å². The first-order valence-electron chi connectivity index (χ1n) is 40.4. The molecule has 18 N–H and O–H groups in total. The van der Waals surface area contributed by atoms with E-state index in [1.165, 1.54) is 30.7 Å². The average Bonchev–Trinajstić information content (AvgIpc) is 0.859. The van der Waals surface area contributed by atoms with Gasteiger partial charge in [0.25, 0.3) is 0 Å². The Morgan fingerprint density at radius 2 is 0.554 bits per heavy atom. The van der Waals surface area contributed by atoms with E-state index in [0.717, 1.165) is 168 Å². The third kappa shape index (κ3) is 80.4. The molecule has 654 valence electrons. The zero-order valence-electron chi connectivity index (χ0n) is 69.1. The van der Waals surface area contributed by atoms with Crippen LogP contribution in [0.15, 0.2) is 96.6 Å². The van der Waals surface area contributed by atoms with E-state index in [1.54, 1.807) is 54.6 Å². The number of unbranched alkanes of at least 4 members (excludes halogenated alkanes) is 6. The molecule has 1 fully saturated rings. The molecule has 0 atom stereocenters. The van der Waals surface area contributed by atoms with E-state index in [2.05, 4.69) is 70.9 Å². The summed E-state index contributed by atoms with van der Waals surface area (Å²) in [4.78, 5) is 64.2. The van der Waals surface area contributed by atoms with Gasteiger partial charge in [-0.25, -0.2) is 19.2 Å². The number of aliphatic hydroxyl groups is 12. The van der Waals surface area contributed by atoms with Crippen molar-refractivity contribution in [2.45, 2.75) is 176 Å². The standard InChI is InChI=1S/6C8H19NO2.C8H6O4.C7H12O2.C7H10O2.C7H6O2.C6H6O/c6*1-2-3-4-9(5-7-10)6-8-11;9-7(10)5-3-1-2-4-6(5)8(11)12;3*8-7(9)6-4-2-1-3-5-6;7-6-4-2-1-3-5-6/h6*10-11H,2-8H2,1H3;1-4H,(H,9,10)(H,11,12);6H,1-5H2,(H,8,9);4H,1-3,5H2,(H,8,9);1-5H,(H,8,9);1-5,7H. The van der Waals surface area contributed by atoms with Gasteiger partial charge in [0.15, 0.2) is 0 Å². The van der Waals surface area contributed by atoms with Crippen LogP contribution in [0.5, 0.6) is 5.75 Å². The fraction of sp³-hybridized carbons (Fsp3) is 0.699. The third-order valence-corrected chi connectivity index (χ3v) is 16.6. The van der Waals surface area contributed by atoms with Gasteiger partial charge in [-0.15, -0.1) is 0 Å². The first-order chi connectivity index (χ1) is 54.0. The van der Waals surface area contributed by atoms with Crippen molar-refractivity contribution in [1.29, 1.82) is 0 Å². The maximum absolute atomic E-state index is 10.5. The van der Waals surface area contributed by atoms with Gasteiger partial charge in [-0.1, -0.05) is 154 Å². The van der Waals surface area contributed by atoms with E-state index in [0.29, 0.717) is 95.4 Å². The van der Waals surface area contributed by atoms with Crippen molar-refractivity contribution in [3.63, 3.8) is 0 Å². The molecule has 29 heteroatoms. The van der Waals surface area contributed by atoms with Gasteiger partial charge in [-0.05, 0) is 153 Å². The highest BCUT2D eigenvalue weighted by Gasteiger charge is 2.20. The SMILES string of the molecule is CCCCN(CCO)CCO.CCCCN(CCO)CCO.CCCCN(CCO)CCO.CCCCN(CCO)CCO.CCCCN(CCO)CCO.CCCCN(CCO)CCO.O=C(O)C1=CCCCC1.O=C(O)C1CCCCC1.O=C(O)c1ccccc1.O=C(O)c1ccccc1C(=O)O.Oc1ccccc1. The molecule has 0 heterocycles. The van der Waals surface area contributed by atoms with Crippen LogP contribution in [0.1, 0.15) is 207 Å². The van der Waals surface area contributed by atoms with Gasteiger partial charge in [0.05, 0.1) is 102 Å². The number of benzene rings is 3. The molecule has 112 heavy (non-hydrogen) atoms. The number of nitrogens with zero attached hydrogens (tertiary/aromatic N) is 6. The van der Waals surface area contributed by atoms with Gasteiger partial charge in [0.2, 0.25) is 0 Å². The van der Waals surface area contributed by atoms with Crippen LogP contribution in [0, 0.1) is 5.92 Å². The number of aromatic carboxylic acids is 3. The lowest BCUT2D eigenvalue weighted by Gasteiger charge is -2.19. The molecule has 0 bridgehead atoms. The van der Waals surface area contributed by atoms with Gasteiger partial charge in [-0.2, -0.15) is 0 Å². The van der Waals surface area contributed by atoms with Gasteiger partial charge < -0.3 is 91.9 Å². The first kappa shape index (κ1) is 117. The normalized spacial score (nSPS) is 11.9. The van der Waals surface area contributed by atoms with Crippen LogP contribution in [-0.4, -0.2) is 348 Å². The number of phenolic OH excluding ortho intramolecular Hbond substituents is 1. The van der Waals surface area contributed by atoms with Gasteiger partial charge in [0, 0.05) is 84.1 Å². The van der Waals surface area contributed by atoms with Gasteiger partial charge in [-0.3, -0.25) is 34.2 Å². The predicted molar refractivity (Wildman–Crippen MR) is 443 cm³/mol. The molecule has 0 unspecified atom stereocenters. The van der Waals surface area contributed by atoms with Crippen LogP contribution in [-0.2, 0) is 9.59 Å². The zero-order chi connectivity index (χ0) is 85.5. The third-order valence-electron chi connectivity index (χ3n) is 16.6. The molecule has 0 aromatic heterocycles. The molecule has 0 spiro atoms. The number of aliphatic carboxylic acids is 2. The Balaban J connectivity index is -0.000000276. The van der Waals surface area contributed by atoms with Crippen LogP contribution in [0.25, 0.3) is 0 Å². The molecule has 2 aliphatic carbocycles. The molecule has 3 aromatic rings. The second-order valence-electron chi connectivity index (χ2n) is 26.0. The summed E-state index contributed by atoms with van der Waals surface area (Å²) in [5, 5.41) is 155. The maximum atomic E-state index is 10.5. The van der Waals surface area contributed by atoms with Crippen molar-refractivity contribution in [1.82, 2.24) is 29.4 Å². The van der Waals surface area contributed by atoms with E-state index < -0.39 is 29.8 Å². The van der Waals surface area contributed by atoms with Crippen molar-refractivity contribution >= 4 is 29.8 Å². The summed E-state index contributed by atoms with van der Waals surface area (Å²) in [5.41, 5.74) is 0.550. The van der Waals surface area contributed by atoms with Crippen LogP contribution in [0.4, 0.5) is 0 Å². The molecule has 0 amide bonds. The number of rotatable bonds is 47. The summed E-state index contributed by atoms with van der Waals surface area (Å²) < 4.78 is 0. The lowest BCUT2D eigenvalue weighted by Crippen LogP contribution is -2.30. The minimum absolute atomic E-state index is 0.0289. The quantitative estimate of drug-likeness (QED) is 0.0260. The topological polar surface area (TPSA) is 469 Å². The van der Waals surface area contributed by atoms with E-state index in [-0.39, 0.29) is 96.3 Å². The Hall–Kier alpha value is -6.17. The smallest absolute Gasteiger partial charge is 0.336 e. The molecule has 5 rings (SSSR count). The zero-order valence-corrected chi connectivity index (χ0v) is 69.1. The highest BCUT2D eigenvalue weighted by atomic mass is 16.4. The summed E-state index contributed by atoms with van der Waals surface area (Å²) in [6.45, 7) is 29.1. The number of carboxylic acids is 5. The number of carboxylic acid groups (broad SMARTS) is 5. The Morgan fingerprint density at radius 1 is 0.304 bits per heavy atom. The van der Waals surface area contributed by atoms with Crippen LogP contribution >= 0.6 is 0 Å².